The van der Waals surface area contributed by atoms with Crippen molar-refractivity contribution in [1.82, 2.24) is 15.1 Å². The summed E-state index contributed by atoms with van der Waals surface area (Å²) >= 11 is 0. The van der Waals surface area contributed by atoms with Crippen LogP contribution in [-0.4, -0.2) is 16.3 Å². The second-order valence-electron chi connectivity index (χ2n) is 6.98. The molecule has 4 rings (SSSR count). The highest BCUT2D eigenvalue weighted by Crippen LogP contribution is 2.36. The number of anilines is 2. The fourth-order valence-corrected chi connectivity index (χ4v) is 3.81. The van der Waals surface area contributed by atoms with Gasteiger partial charge in [-0.2, -0.15) is 5.10 Å². The molecular weight excluding hydrogens is 358 g/mol. The first-order valence-corrected chi connectivity index (χ1v) is 9.70. The molecular formula is C24H25N5. The summed E-state index contributed by atoms with van der Waals surface area (Å²) < 4.78 is 1.73. The van der Waals surface area contributed by atoms with Crippen LogP contribution in [0.3, 0.4) is 0 Å². The van der Waals surface area contributed by atoms with Crippen molar-refractivity contribution in [2.45, 2.75) is 12.1 Å². The predicted molar refractivity (Wildman–Crippen MR) is 118 cm³/mol. The Balaban J connectivity index is 1.78. The Bertz CT molecular complexity index is 946. The van der Waals surface area contributed by atoms with Crippen molar-refractivity contribution in [2.24, 2.45) is 0 Å². The largest absolute Gasteiger partial charge is 0.394 e. The molecule has 0 unspecified atom stereocenters. The van der Waals surface area contributed by atoms with Gasteiger partial charge in [-0.05, 0) is 16.7 Å². The summed E-state index contributed by atoms with van der Waals surface area (Å²) in [6.07, 6.45) is 1.59. The van der Waals surface area contributed by atoms with Gasteiger partial charge in [-0.25, -0.2) is 4.68 Å². The third-order valence-electron chi connectivity index (χ3n) is 5.24. The minimum absolute atomic E-state index is 0.497. The molecule has 0 amide bonds. The number of rotatable bonds is 7. The van der Waals surface area contributed by atoms with E-state index in [0.717, 1.165) is 0 Å². The number of nitrogens with two attached hydrogens (primary N) is 2. The summed E-state index contributed by atoms with van der Waals surface area (Å²) in [6.45, 7) is 1.27. The predicted octanol–water partition coefficient (Wildman–Crippen LogP) is 3.63. The molecule has 29 heavy (non-hydrogen) atoms. The average Bonchev–Trinajstić information content (AvgIpc) is 3.11. The first-order chi connectivity index (χ1) is 14.2. The molecule has 5 heteroatoms. The quantitative estimate of drug-likeness (QED) is 0.426. The number of nitrogen functional groups attached to an aromatic ring is 2. The number of hydrogen-bond acceptors (Lipinski definition) is 4. The zero-order valence-corrected chi connectivity index (χ0v) is 16.2. The SMILES string of the molecule is Nc1cnn(CCNC(c2ccccc2)(c2ccccc2)c2ccccc2)c1N. The van der Waals surface area contributed by atoms with Gasteiger partial charge < -0.3 is 11.5 Å². The molecule has 1 heterocycles. The van der Waals surface area contributed by atoms with Gasteiger partial charge in [-0.15, -0.1) is 0 Å². The Morgan fingerprint density at radius 3 is 1.55 bits per heavy atom. The van der Waals surface area contributed by atoms with Gasteiger partial charge in [-0.3, -0.25) is 5.32 Å². The third-order valence-corrected chi connectivity index (χ3v) is 5.24. The molecule has 0 aliphatic carbocycles. The third kappa shape index (κ3) is 3.60. The topological polar surface area (TPSA) is 81.9 Å². The van der Waals surface area contributed by atoms with Crippen molar-refractivity contribution >= 4 is 11.5 Å². The molecule has 5 nitrogen and oxygen atoms in total. The van der Waals surface area contributed by atoms with Crippen molar-refractivity contribution in [3.63, 3.8) is 0 Å². The van der Waals surface area contributed by atoms with E-state index in [1.165, 1.54) is 16.7 Å². The van der Waals surface area contributed by atoms with Gasteiger partial charge >= 0.3 is 0 Å². The molecule has 1 aromatic heterocycles. The summed E-state index contributed by atoms with van der Waals surface area (Å²) in [4.78, 5) is 0. The van der Waals surface area contributed by atoms with Crippen LogP contribution in [0.15, 0.2) is 97.2 Å². The molecule has 5 N–H and O–H groups in total. The van der Waals surface area contributed by atoms with E-state index in [2.05, 4.69) is 83.2 Å². The minimum Gasteiger partial charge on any atom is -0.394 e. The van der Waals surface area contributed by atoms with Crippen molar-refractivity contribution in [2.75, 3.05) is 18.0 Å². The zero-order valence-electron chi connectivity index (χ0n) is 16.2. The fourth-order valence-electron chi connectivity index (χ4n) is 3.81. The number of nitrogens with one attached hydrogen (secondary N) is 1. The maximum Gasteiger partial charge on any atom is 0.145 e. The Labute approximate surface area is 171 Å². The Morgan fingerprint density at radius 1 is 0.724 bits per heavy atom. The first-order valence-electron chi connectivity index (χ1n) is 9.70. The van der Waals surface area contributed by atoms with Crippen LogP contribution in [0.4, 0.5) is 11.5 Å². The van der Waals surface area contributed by atoms with E-state index < -0.39 is 5.54 Å². The van der Waals surface area contributed by atoms with Crippen LogP contribution in [0.2, 0.25) is 0 Å². The Kier molecular flexibility index (Phi) is 5.31. The van der Waals surface area contributed by atoms with Crippen molar-refractivity contribution < 1.29 is 0 Å². The van der Waals surface area contributed by atoms with Gasteiger partial charge in [-0.1, -0.05) is 91.0 Å². The van der Waals surface area contributed by atoms with Gasteiger partial charge in [0.1, 0.15) is 5.82 Å². The first kappa shape index (κ1) is 18.8. The summed E-state index contributed by atoms with van der Waals surface area (Å²) in [7, 11) is 0. The summed E-state index contributed by atoms with van der Waals surface area (Å²) in [5.74, 6) is 0.497. The van der Waals surface area contributed by atoms with E-state index in [1.807, 2.05) is 18.2 Å². The normalized spacial score (nSPS) is 11.4. The molecule has 0 spiro atoms. The van der Waals surface area contributed by atoms with Crippen LogP contribution in [0.25, 0.3) is 0 Å². The van der Waals surface area contributed by atoms with Crippen molar-refractivity contribution in [1.29, 1.82) is 0 Å². The lowest BCUT2D eigenvalue weighted by Gasteiger charge is -2.37. The van der Waals surface area contributed by atoms with Crippen LogP contribution in [-0.2, 0) is 12.1 Å². The molecule has 3 aromatic carbocycles. The van der Waals surface area contributed by atoms with Gasteiger partial charge in [0.05, 0.1) is 24.0 Å². The van der Waals surface area contributed by atoms with Gasteiger partial charge in [0, 0.05) is 6.54 Å². The van der Waals surface area contributed by atoms with Crippen LogP contribution in [0.5, 0.6) is 0 Å². The van der Waals surface area contributed by atoms with E-state index in [9.17, 15) is 0 Å². The van der Waals surface area contributed by atoms with Crippen LogP contribution >= 0.6 is 0 Å². The number of benzene rings is 3. The van der Waals surface area contributed by atoms with Crippen molar-refractivity contribution in [3.05, 3.63) is 114 Å². The van der Waals surface area contributed by atoms with E-state index in [-0.39, 0.29) is 0 Å². The standard InChI is InChI=1S/C24H25N5/c25-22-18-28-29(23(22)26)17-16-27-24(19-10-4-1-5-11-19,20-12-6-2-7-13-20)21-14-8-3-9-15-21/h1-15,18,27H,16-17,25-26H2. The maximum atomic E-state index is 6.03. The molecule has 0 radical (unpaired) electrons. The lowest BCUT2D eigenvalue weighted by Crippen LogP contribution is -2.46. The summed E-state index contributed by atoms with van der Waals surface area (Å²) in [5.41, 5.74) is 15.4. The molecule has 0 fully saturated rings. The molecule has 0 bridgehead atoms. The smallest absolute Gasteiger partial charge is 0.145 e. The van der Waals surface area contributed by atoms with E-state index in [0.29, 0.717) is 24.6 Å². The molecule has 0 aliphatic heterocycles. The second-order valence-corrected chi connectivity index (χ2v) is 6.98. The Morgan fingerprint density at radius 2 is 1.17 bits per heavy atom. The van der Waals surface area contributed by atoms with Crippen molar-refractivity contribution in [3.8, 4) is 0 Å². The van der Waals surface area contributed by atoms with Crippen LogP contribution in [0, 0.1) is 0 Å². The molecule has 0 saturated heterocycles. The molecule has 4 aromatic rings. The molecule has 0 saturated carbocycles. The molecule has 0 aliphatic rings. The highest BCUT2D eigenvalue weighted by atomic mass is 15.3. The van der Waals surface area contributed by atoms with Gasteiger partial charge in [0.25, 0.3) is 0 Å². The lowest BCUT2D eigenvalue weighted by molar-refractivity contribution is 0.443. The highest BCUT2D eigenvalue weighted by Gasteiger charge is 2.35. The summed E-state index contributed by atoms with van der Waals surface area (Å²) in [6, 6.07) is 31.5. The van der Waals surface area contributed by atoms with Gasteiger partial charge in [0.15, 0.2) is 0 Å². The van der Waals surface area contributed by atoms with Crippen LogP contribution < -0.4 is 16.8 Å². The van der Waals surface area contributed by atoms with E-state index >= 15 is 0 Å². The Hall–Kier alpha value is -3.57. The number of hydrogen-bond donors (Lipinski definition) is 3. The minimum atomic E-state index is -0.503. The molecule has 0 atom stereocenters. The van der Waals surface area contributed by atoms with E-state index in [1.54, 1.807) is 10.9 Å². The zero-order chi connectivity index (χ0) is 20.1. The number of nitrogens with zero attached hydrogens (tertiary/aromatic N) is 2. The maximum absolute atomic E-state index is 6.03. The van der Waals surface area contributed by atoms with Crippen LogP contribution in [0.1, 0.15) is 16.7 Å². The highest BCUT2D eigenvalue weighted by molar-refractivity contribution is 5.57. The fraction of sp³-hybridized carbons (Fsp3) is 0.125. The monoisotopic (exact) mass is 383 g/mol. The second kappa shape index (κ2) is 8.20. The number of aromatic nitrogens is 2. The van der Waals surface area contributed by atoms with E-state index in [4.69, 9.17) is 11.5 Å². The summed E-state index contributed by atoms with van der Waals surface area (Å²) in [5, 5.41) is 8.09. The van der Waals surface area contributed by atoms with Gasteiger partial charge in [0.2, 0.25) is 0 Å². The lowest BCUT2D eigenvalue weighted by atomic mass is 9.77. The average molecular weight is 383 g/mol. The molecule has 146 valence electrons.